The van der Waals surface area contributed by atoms with Crippen molar-refractivity contribution in [2.45, 2.75) is 0 Å². The van der Waals surface area contributed by atoms with Crippen LogP contribution >= 0.6 is 0 Å². The second-order valence-electron chi connectivity index (χ2n) is 4.96. The van der Waals surface area contributed by atoms with Gasteiger partial charge in [-0.3, -0.25) is 0 Å². The van der Waals surface area contributed by atoms with Crippen molar-refractivity contribution < 1.29 is 50.8 Å². The van der Waals surface area contributed by atoms with Crippen molar-refractivity contribution in [1.82, 2.24) is 0 Å². The van der Waals surface area contributed by atoms with E-state index in [0.29, 0.717) is 0 Å². The van der Waals surface area contributed by atoms with Crippen LogP contribution in [0.15, 0.2) is 34.7 Å². The van der Waals surface area contributed by atoms with Crippen LogP contribution in [0.5, 0.6) is 34.5 Å². The Balaban J connectivity index is 0.00000280. The van der Waals surface area contributed by atoms with Crippen LogP contribution in [-0.2, 0) is 0 Å². The fraction of sp³-hybridized carbons (Fsp3) is 0.118. The average molecular weight is 370 g/mol. The van der Waals surface area contributed by atoms with Gasteiger partial charge in [-0.15, -0.1) is 0 Å². The first-order valence-corrected chi connectivity index (χ1v) is 6.71. The van der Waals surface area contributed by atoms with Gasteiger partial charge in [0, 0.05) is 24.3 Å². The monoisotopic (exact) mass is 369 g/mol. The Bertz CT molecular complexity index is 1040. The van der Waals surface area contributed by atoms with Crippen molar-refractivity contribution in [3.8, 4) is 45.8 Å². The fourth-order valence-electron chi connectivity index (χ4n) is 2.35. The second kappa shape index (κ2) is 6.82. The Morgan fingerprint density at radius 3 is 2.36 bits per heavy atom. The van der Waals surface area contributed by atoms with E-state index in [1.807, 2.05) is 0 Å². The summed E-state index contributed by atoms with van der Waals surface area (Å²) < 4.78 is 37.0. The minimum atomic E-state index is -2.77. The van der Waals surface area contributed by atoms with Gasteiger partial charge in [0.2, 0.25) is 11.5 Å². The van der Waals surface area contributed by atoms with Crippen LogP contribution < -0.4 is 21.9 Å². The summed E-state index contributed by atoms with van der Waals surface area (Å²) in [4.78, 5) is 0. The van der Waals surface area contributed by atoms with Crippen LogP contribution in [0.3, 0.4) is 0 Å². The highest BCUT2D eigenvalue weighted by molar-refractivity contribution is 5.88. The van der Waals surface area contributed by atoms with Crippen molar-refractivity contribution in [1.29, 1.82) is 0 Å². The molecule has 2 aromatic carbocycles. The summed E-state index contributed by atoms with van der Waals surface area (Å²) in [6.45, 7) is 0. The molecular formula is C17H15ClO7. The minimum absolute atomic E-state index is 0. The lowest BCUT2D eigenvalue weighted by Crippen LogP contribution is -3.00. The van der Waals surface area contributed by atoms with E-state index in [1.54, 1.807) is 0 Å². The SMILES string of the molecule is [2H]C([2H])([2H])Oc1cc(O)cc2[o+]c(-c3cc(O)c(O)c(OC)c3)c(O)cc12.[Cl-]. The molecule has 0 aliphatic heterocycles. The van der Waals surface area contributed by atoms with Crippen LogP contribution in [0.2, 0.25) is 0 Å². The van der Waals surface area contributed by atoms with Gasteiger partial charge in [0.1, 0.15) is 16.9 Å². The van der Waals surface area contributed by atoms with Crippen LogP contribution in [0.25, 0.3) is 22.3 Å². The van der Waals surface area contributed by atoms with E-state index >= 15 is 0 Å². The van der Waals surface area contributed by atoms with Gasteiger partial charge in [0.25, 0.3) is 0 Å². The van der Waals surface area contributed by atoms with E-state index in [2.05, 4.69) is 0 Å². The van der Waals surface area contributed by atoms with Gasteiger partial charge in [-0.25, -0.2) is 4.42 Å². The van der Waals surface area contributed by atoms with E-state index in [4.69, 9.17) is 18.0 Å². The van der Waals surface area contributed by atoms with Gasteiger partial charge in [-0.2, -0.15) is 0 Å². The molecule has 0 saturated carbocycles. The van der Waals surface area contributed by atoms with E-state index < -0.39 is 24.3 Å². The number of benzene rings is 2. The Kier molecular flexibility index (Phi) is 3.90. The minimum Gasteiger partial charge on any atom is -1.00 e. The summed E-state index contributed by atoms with van der Waals surface area (Å²) in [5.74, 6) is -2.05. The predicted octanol–water partition coefficient (Wildman–Crippen LogP) is 0.225. The number of rotatable bonds is 3. The van der Waals surface area contributed by atoms with Crippen molar-refractivity contribution in [3.05, 3.63) is 30.3 Å². The summed E-state index contributed by atoms with van der Waals surface area (Å²) in [7, 11) is -1.49. The highest BCUT2D eigenvalue weighted by atomic mass is 35.5. The number of ether oxygens (including phenoxy) is 2. The molecule has 0 aliphatic carbocycles. The molecule has 1 heterocycles. The molecular weight excluding hydrogens is 352 g/mol. The molecule has 7 nitrogen and oxygen atoms in total. The van der Waals surface area contributed by atoms with Gasteiger partial charge in [-0.05, 0) is 0 Å². The standard InChI is InChI=1S/C17H14O7.ClH/c1-22-13-5-9(18)6-14-10(13)7-12(20)17(24-14)8-3-11(19)16(21)15(4-8)23-2;/h3-7H,1-2H3,(H3-,18,19,20,21);1H/i1D3;. The van der Waals surface area contributed by atoms with Gasteiger partial charge in [-0.1, -0.05) is 0 Å². The zero-order valence-corrected chi connectivity index (χ0v) is 13.5. The number of halogens is 1. The fourth-order valence-corrected chi connectivity index (χ4v) is 2.35. The molecule has 0 fully saturated rings. The summed E-state index contributed by atoms with van der Waals surface area (Å²) >= 11 is 0. The summed E-state index contributed by atoms with van der Waals surface area (Å²) in [5, 5.41) is 39.8. The largest absolute Gasteiger partial charge is 1.00 e. The highest BCUT2D eigenvalue weighted by Gasteiger charge is 2.26. The molecule has 0 spiro atoms. The topological polar surface area (TPSA) is 111 Å². The molecule has 1 aromatic heterocycles. The average Bonchev–Trinajstić information content (AvgIpc) is 2.56. The molecule has 3 aromatic rings. The maximum atomic E-state index is 10.3. The van der Waals surface area contributed by atoms with Crippen molar-refractivity contribution >= 4 is 11.0 Å². The molecule has 8 heteroatoms. The van der Waals surface area contributed by atoms with E-state index in [1.165, 1.54) is 25.3 Å². The van der Waals surface area contributed by atoms with Crippen molar-refractivity contribution in [2.24, 2.45) is 0 Å². The van der Waals surface area contributed by atoms with Crippen LogP contribution in [-0.4, -0.2) is 34.6 Å². The molecule has 25 heavy (non-hydrogen) atoms. The Morgan fingerprint density at radius 2 is 1.68 bits per heavy atom. The maximum absolute atomic E-state index is 10.3. The molecule has 0 amide bonds. The Hall–Kier alpha value is -3.06. The number of fused-ring (bicyclic) bond motifs is 1. The third-order valence-electron chi connectivity index (χ3n) is 3.46. The molecule has 0 unspecified atom stereocenters. The lowest BCUT2D eigenvalue weighted by molar-refractivity contribution is -0.00000954. The summed E-state index contributed by atoms with van der Waals surface area (Å²) in [5.41, 5.74) is 0.191. The zero-order valence-electron chi connectivity index (χ0n) is 15.8. The first-order valence-electron chi connectivity index (χ1n) is 8.21. The van der Waals surface area contributed by atoms with Gasteiger partial charge < -0.3 is 42.3 Å². The van der Waals surface area contributed by atoms with Crippen molar-refractivity contribution in [3.63, 3.8) is 0 Å². The zero-order chi connectivity index (χ0) is 19.9. The quantitative estimate of drug-likeness (QED) is 0.386. The number of hydrogen-bond acceptors (Lipinski definition) is 6. The lowest BCUT2D eigenvalue weighted by atomic mass is 10.1. The molecule has 132 valence electrons. The second-order valence-corrected chi connectivity index (χ2v) is 4.96. The summed E-state index contributed by atoms with van der Waals surface area (Å²) in [6, 6.07) is 5.96. The Morgan fingerprint density at radius 1 is 0.920 bits per heavy atom. The Labute approximate surface area is 152 Å². The van der Waals surface area contributed by atoms with E-state index in [-0.39, 0.29) is 51.9 Å². The number of hydrogen-bond donors (Lipinski definition) is 4. The normalized spacial score (nSPS) is 12.6. The van der Waals surface area contributed by atoms with Crippen LogP contribution in [0, 0.1) is 0 Å². The third-order valence-corrected chi connectivity index (χ3v) is 3.46. The number of phenolic OH excluding ortho intramolecular Hbond substituents is 3. The maximum Gasteiger partial charge on any atom is 0.402 e. The number of aromatic hydroxyl groups is 4. The van der Waals surface area contributed by atoms with Crippen LogP contribution in [0.4, 0.5) is 0 Å². The molecule has 4 N–H and O–H groups in total. The molecule has 0 aliphatic rings. The van der Waals surface area contributed by atoms with Gasteiger partial charge in [0.15, 0.2) is 11.5 Å². The first kappa shape index (κ1) is 14.3. The molecule has 0 radical (unpaired) electrons. The smallest absolute Gasteiger partial charge is 0.402 e. The summed E-state index contributed by atoms with van der Waals surface area (Å²) in [6.07, 6.45) is 0. The lowest BCUT2D eigenvalue weighted by Gasteiger charge is -2.06. The number of phenols is 3. The van der Waals surface area contributed by atoms with Crippen LogP contribution in [0.1, 0.15) is 4.11 Å². The van der Waals surface area contributed by atoms with E-state index in [9.17, 15) is 20.4 Å². The first-order chi connectivity index (χ1) is 12.6. The molecule has 0 bridgehead atoms. The molecule has 0 atom stereocenters. The van der Waals surface area contributed by atoms with Gasteiger partial charge in [0.05, 0.1) is 29.9 Å². The van der Waals surface area contributed by atoms with E-state index in [0.717, 1.165) is 12.1 Å². The highest BCUT2D eigenvalue weighted by Crippen LogP contribution is 2.44. The molecule has 0 saturated heterocycles. The molecule has 3 rings (SSSR count). The van der Waals surface area contributed by atoms with Crippen molar-refractivity contribution in [2.75, 3.05) is 14.1 Å². The third kappa shape index (κ3) is 3.14. The number of methoxy groups -OCH3 is 2. The van der Waals surface area contributed by atoms with Gasteiger partial charge >= 0.3 is 11.3 Å². The predicted molar refractivity (Wildman–Crippen MR) is 85.8 cm³/mol.